The Morgan fingerprint density at radius 2 is 1.75 bits per heavy atom. The number of nitrogens with zero attached hydrogens (tertiary/aromatic N) is 2. The third kappa shape index (κ3) is 6.10. The Hall–Kier alpha value is -1.93. The van der Waals surface area contributed by atoms with E-state index in [0.29, 0.717) is 17.6 Å². The normalized spacial score (nSPS) is 12.0. The number of anilines is 4. The van der Waals surface area contributed by atoms with Crippen molar-refractivity contribution in [2.24, 2.45) is 0 Å². The maximum atomic E-state index is 6.50. The number of aryl methyl sites for hydroxylation is 1. The Kier molecular flexibility index (Phi) is 7.65. The third-order valence-electron chi connectivity index (χ3n) is 5.76. The van der Waals surface area contributed by atoms with E-state index in [1.54, 1.807) is 6.20 Å². The second-order valence-electron chi connectivity index (χ2n) is 9.32. The number of nitrogens with one attached hydrogen (secondary N) is 2. The summed E-state index contributed by atoms with van der Waals surface area (Å²) in [5.74, 6) is 1.24. The van der Waals surface area contributed by atoms with E-state index in [-0.39, 0.29) is 5.04 Å². The fourth-order valence-electron chi connectivity index (χ4n) is 2.71. The molecule has 0 atom stereocenters. The molecule has 3 aromatic rings. The molecule has 0 unspecified atom stereocenters. The number of hydrogen-bond acceptors (Lipinski definition) is 5. The van der Waals surface area contributed by atoms with Crippen LogP contribution >= 0.6 is 27.5 Å². The molecule has 0 aliphatic heterocycles. The zero-order valence-corrected chi connectivity index (χ0v) is 22.7. The number of para-hydroxylation sites is 1. The first-order chi connectivity index (χ1) is 15.0. The molecule has 8 heteroatoms. The SMILES string of the molecule is Cc1cnc(Nc2cc(Cl)c(Br)c(CO[Si](C)(C)C(C)(C)C)c2)nc1Nc1ccccc1. The first kappa shape index (κ1) is 24.7. The molecule has 0 bridgehead atoms. The Morgan fingerprint density at radius 1 is 1.06 bits per heavy atom. The second-order valence-corrected chi connectivity index (χ2v) is 15.3. The molecular formula is C24H30BrClN4OSi. The monoisotopic (exact) mass is 532 g/mol. The van der Waals surface area contributed by atoms with Crippen molar-refractivity contribution in [3.63, 3.8) is 0 Å². The fourth-order valence-corrected chi connectivity index (χ4v) is 4.25. The van der Waals surface area contributed by atoms with Gasteiger partial charge in [-0.1, -0.05) is 50.6 Å². The van der Waals surface area contributed by atoms with Gasteiger partial charge in [0, 0.05) is 27.6 Å². The minimum absolute atomic E-state index is 0.136. The topological polar surface area (TPSA) is 59.1 Å². The Bertz CT molecular complexity index is 1090. The van der Waals surface area contributed by atoms with E-state index >= 15 is 0 Å². The minimum atomic E-state index is -1.89. The lowest BCUT2D eigenvalue weighted by atomic mass is 10.2. The highest BCUT2D eigenvalue weighted by Crippen LogP contribution is 2.38. The van der Waals surface area contributed by atoms with Crippen molar-refractivity contribution in [2.75, 3.05) is 10.6 Å². The summed E-state index contributed by atoms with van der Waals surface area (Å²) >= 11 is 10.1. The zero-order chi connectivity index (χ0) is 23.5. The lowest BCUT2D eigenvalue weighted by Crippen LogP contribution is -2.40. The van der Waals surface area contributed by atoms with Gasteiger partial charge in [0.05, 0.1) is 11.6 Å². The maximum absolute atomic E-state index is 6.50. The second kappa shape index (κ2) is 9.91. The summed E-state index contributed by atoms with van der Waals surface area (Å²) in [7, 11) is -1.89. The van der Waals surface area contributed by atoms with Gasteiger partial charge in [0.25, 0.3) is 0 Å². The standard InChI is InChI=1S/C24H30BrClN4OSi/c1-16-14-27-23(30-22(16)28-18-10-8-7-9-11-18)29-19-12-17(21(25)20(26)13-19)15-31-32(5,6)24(2,3)4/h7-14H,15H2,1-6H3,(H2,27,28,29,30). The Labute approximate surface area is 205 Å². The van der Waals surface area contributed by atoms with E-state index < -0.39 is 8.32 Å². The molecular weight excluding hydrogens is 504 g/mol. The average molecular weight is 534 g/mol. The zero-order valence-electron chi connectivity index (χ0n) is 19.4. The summed E-state index contributed by atoms with van der Waals surface area (Å²) in [6, 6.07) is 13.8. The Balaban J connectivity index is 1.81. The fraction of sp³-hybridized carbons (Fsp3) is 0.333. The van der Waals surface area contributed by atoms with Gasteiger partial charge in [-0.25, -0.2) is 4.98 Å². The van der Waals surface area contributed by atoms with Gasteiger partial charge in [0.2, 0.25) is 5.95 Å². The summed E-state index contributed by atoms with van der Waals surface area (Å²) < 4.78 is 7.25. The summed E-state index contributed by atoms with van der Waals surface area (Å²) in [5.41, 5.74) is 3.72. The van der Waals surface area contributed by atoms with Crippen molar-refractivity contribution in [3.05, 3.63) is 69.3 Å². The van der Waals surface area contributed by atoms with Crippen molar-refractivity contribution in [2.45, 2.75) is 52.4 Å². The molecule has 0 saturated heterocycles. The highest BCUT2D eigenvalue weighted by atomic mass is 79.9. The van der Waals surface area contributed by atoms with Gasteiger partial charge in [0.1, 0.15) is 5.82 Å². The predicted octanol–water partition coefficient (Wildman–Crippen LogP) is 8.21. The highest BCUT2D eigenvalue weighted by Gasteiger charge is 2.37. The maximum Gasteiger partial charge on any atom is 0.229 e. The molecule has 0 amide bonds. The largest absolute Gasteiger partial charge is 0.413 e. The molecule has 0 aliphatic carbocycles. The molecule has 1 heterocycles. The molecule has 0 spiro atoms. The van der Waals surface area contributed by atoms with Crippen LogP contribution in [0.15, 0.2) is 53.1 Å². The molecule has 170 valence electrons. The number of aromatic nitrogens is 2. The third-order valence-corrected chi connectivity index (χ3v) is 11.7. The molecule has 2 aromatic carbocycles. The first-order valence-electron chi connectivity index (χ1n) is 10.5. The molecule has 2 N–H and O–H groups in total. The lowest BCUT2D eigenvalue weighted by Gasteiger charge is -2.36. The van der Waals surface area contributed by atoms with Gasteiger partial charge < -0.3 is 15.1 Å². The van der Waals surface area contributed by atoms with E-state index in [2.05, 4.69) is 70.4 Å². The average Bonchev–Trinajstić information content (AvgIpc) is 2.72. The van der Waals surface area contributed by atoms with Crippen LogP contribution in [0.3, 0.4) is 0 Å². The van der Waals surface area contributed by atoms with E-state index in [1.165, 1.54) is 0 Å². The first-order valence-corrected chi connectivity index (χ1v) is 14.6. The van der Waals surface area contributed by atoms with Crippen molar-refractivity contribution in [1.29, 1.82) is 0 Å². The van der Waals surface area contributed by atoms with Crippen LogP contribution in [0.2, 0.25) is 23.2 Å². The van der Waals surface area contributed by atoms with Crippen LogP contribution in [0.25, 0.3) is 0 Å². The van der Waals surface area contributed by atoms with Crippen molar-refractivity contribution in [1.82, 2.24) is 9.97 Å². The van der Waals surface area contributed by atoms with Crippen LogP contribution in [0.4, 0.5) is 23.1 Å². The minimum Gasteiger partial charge on any atom is -0.413 e. The van der Waals surface area contributed by atoms with Gasteiger partial charge in [-0.15, -0.1) is 0 Å². The van der Waals surface area contributed by atoms with Gasteiger partial charge in [-0.2, -0.15) is 4.98 Å². The van der Waals surface area contributed by atoms with Crippen LogP contribution in [-0.2, 0) is 11.0 Å². The molecule has 3 rings (SSSR count). The summed E-state index contributed by atoms with van der Waals surface area (Å²) in [6.07, 6.45) is 1.79. The molecule has 0 radical (unpaired) electrons. The van der Waals surface area contributed by atoms with Crippen LogP contribution in [0.5, 0.6) is 0 Å². The predicted molar refractivity (Wildman–Crippen MR) is 141 cm³/mol. The quantitative estimate of drug-likeness (QED) is 0.300. The highest BCUT2D eigenvalue weighted by molar-refractivity contribution is 9.10. The number of hydrogen-bond donors (Lipinski definition) is 2. The molecule has 32 heavy (non-hydrogen) atoms. The van der Waals surface area contributed by atoms with Gasteiger partial charge >= 0.3 is 0 Å². The molecule has 0 saturated carbocycles. The van der Waals surface area contributed by atoms with Gasteiger partial charge in [-0.05, 0) is 70.8 Å². The van der Waals surface area contributed by atoms with Gasteiger partial charge in [-0.3, -0.25) is 0 Å². The summed E-state index contributed by atoms with van der Waals surface area (Å²) in [4.78, 5) is 9.08. The molecule has 5 nitrogen and oxygen atoms in total. The van der Waals surface area contributed by atoms with E-state index in [1.807, 2.05) is 49.4 Å². The number of rotatable bonds is 7. The molecule has 0 fully saturated rings. The Morgan fingerprint density at radius 3 is 2.41 bits per heavy atom. The lowest BCUT2D eigenvalue weighted by molar-refractivity contribution is 0.276. The molecule has 1 aromatic heterocycles. The van der Waals surface area contributed by atoms with Crippen LogP contribution in [-0.4, -0.2) is 18.3 Å². The van der Waals surface area contributed by atoms with Crippen LogP contribution in [0, 0.1) is 6.92 Å². The van der Waals surface area contributed by atoms with Crippen LogP contribution in [0.1, 0.15) is 31.9 Å². The van der Waals surface area contributed by atoms with E-state index in [9.17, 15) is 0 Å². The smallest absolute Gasteiger partial charge is 0.229 e. The van der Waals surface area contributed by atoms with Crippen molar-refractivity contribution in [3.8, 4) is 0 Å². The number of halogens is 2. The van der Waals surface area contributed by atoms with Crippen molar-refractivity contribution >= 4 is 59.0 Å². The van der Waals surface area contributed by atoms with Crippen LogP contribution < -0.4 is 10.6 Å². The van der Waals surface area contributed by atoms with E-state index in [0.717, 1.165) is 32.8 Å². The molecule has 0 aliphatic rings. The van der Waals surface area contributed by atoms with Crippen molar-refractivity contribution < 1.29 is 4.43 Å². The van der Waals surface area contributed by atoms with Gasteiger partial charge in [0.15, 0.2) is 8.32 Å². The summed E-state index contributed by atoms with van der Waals surface area (Å²) in [5, 5.41) is 7.37. The van der Waals surface area contributed by atoms with E-state index in [4.69, 9.17) is 16.0 Å². The summed E-state index contributed by atoms with van der Waals surface area (Å²) in [6.45, 7) is 13.6. The number of benzene rings is 2.